The molecule has 0 aliphatic heterocycles. The molecule has 2 N–H and O–H groups in total. The first-order valence-electron chi connectivity index (χ1n) is 7.66. The average molecular weight is 286 g/mol. The monoisotopic (exact) mass is 286 g/mol. The Bertz CT molecular complexity index is 635. The molecule has 2 unspecified atom stereocenters. The predicted molar refractivity (Wildman–Crippen MR) is 83.2 cm³/mol. The van der Waals surface area contributed by atoms with Gasteiger partial charge in [0, 0.05) is 31.1 Å². The molecule has 4 heteroatoms. The number of carbonyl (C=O) groups is 1. The first-order chi connectivity index (χ1) is 10.2. The number of hydrogen-bond donors (Lipinski definition) is 2. The third-order valence-corrected chi connectivity index (χ3v) is 4.54. The van der Waals surface area contributed by atoms with Gasteiger partial charge in [-0.15, -0.1) is 0 Å². The van der Waals surface area contributed by atoms with E-state index in [0.717, 1.165) is 36.6 Å². The summed E-state index contributed by atoms with van der Waals surface area (Å²) in [5, 5.41) is 11.1. The van der Waals surface area contributed by atoms with Gasteiger partial charge < -0.3 is 15.0 Å². The molecule has 1 fully saturated rings. The van der Waals surface area contributed by atoms with Gasteiger partial charge in [-0.1, -0.05) is 25.0 Å². The fourth-order valence-electron chi connectivity index (χ4n) is 3.30. The van der Waals surface area contributed by atoms with Gasteiger partial charge in [0.25, 0.3) is 5.91 Å². The van der Waals surface area contributed by atoms with E-state index in [2.05, 4.69) is 4.98 Å². The van der Waals surface area contributed by atoms with Crippen LogP contribution in [0.3, 0.4) is 0 Å². The van der Waals surface area contributed by atoms with Gasteiger partial charge >= 0.3 is 0 Å². The largest absolute Gasteiger partial charge is 0.393 e. The van der Waals surface area contributed by atoms with Crippen LogP contribution in [0, 0.1) is 5.92 Å². The fourth-order valence-corrected chi connectivity index (χ4v) is 3.30. The van der Waals surface area contributed by atoms with Crippen LogP contribution in [0.1, 0.15) is 36.0 Å². The molecule has 1 aliphatic carbocycles. The van der Waals surface area contributed by atoms with Gasteiger partial charge in [-0.05, 0) is 25.0 Å². The number of rotatable bonds is 3. The summed E-state index contributed by atoms with van der Waals surface area (Å²) in [5.41, 5.74) is 1.59. The number of aliphatic hydroxyl groups excluding tert-OH is 1. The summed E-state index contributed by atoms with van der Waals surface area (Å²) in [4.78, 5) is 17.5. The molecule has 21 heavy (non-hydrogen) atoms. The Balaban J connectivity index is 1.76. The van der Waals surface area contributed by atoms with Crippen molar-refractivity contribution in [3.05, 3.63) is 36.0 Å². The number of benzene rings is 1. The van der Waals surface area contributed by atoms with E-state index < -0.39 is 0 Å². The number of carbonyl (C=O) groups excluding carboxylic acids is 1. The summed E-state index contributed by atoms with van der Waals surface area (Å²) >= 11 is 0. The molecule has 0 radical (unpaired) electrons. The van der Waals surface area contributed by atoms with Crippen molar-refractivity contribution in [2.45, 2.75) is 31.8 Å². The van der Waals surface area contributed by atoms with Crippen molar-refractivity contribution in [3.63, 3.8) is 0 Å². The second kappa shape index (κ2) is 5.90. The highest BCUT2D eigenvalue weighted by Crippen LogP contribution is 2.26. The number of aromatic nitrogens is 1. The Hall–Kier alpha value is -1.81. The van der Waals surface area contributed by atoms with E-state index in [4.69, 9.17) is 0 Å². The van der Waals surface area contributed by atoms with Gasteiger partial charge in [-0.2, -0.15) is 0 Å². The van der Waals surface area contributed by atoms with Gasteiger partial charge in [0.05, 0.1) is 17.2 Å². The Labute approximate surface area is 124 Å². The van der Waals surface area contributed by atoms with E-state index in [9.17, 15) is 9.90 Å². The predicted octanol–water partition coefficient (Wildman–Crippen LogP) is 2.79. The molecular weight excluding hydrogens is 264 g/mol. The van der Waals surface area contributed by atoms with Crippen LogP contribution in [0.5, 0.6) is 0 Å². The number of H-pyrrole nitrogens is 1. The van der Waals surface area contributed by atoms with Crippen LogP contribution in [-0.4, -0.2) is 40.6 Å². The number of fused-ring (bicyclic) bond motifs is 1. The quantitative estimate of drug-likeness (QED) is 0.911. The van der Waals surface area contributed by atoms with Crippen LogP contribution < -0.4 is 0 Å². The molecule has 1 heterocycles. The van der Waals surface area contributed by atoms with Crippen molar-refractivity contribution in [2.75, 3.05) is 13.6 Å². The highest BCUT2D eigenvalue weighted by Gasteiger charge is 2.26. The third kappa shape index (κ3) is 2.81. The smallest absolute Gasteiger partial charge is 0.255 e. The Kier molecular flexibility index (Phi) is 3.97. The second-order valence-electron chi connectivity index (χ2n) is 6.05. The maximum absolute atomic E-state index is 12.7. The molecule has 0 saturated heterocycles. The number of nitrogens with zero attached hydrogens (tertiary/aromatic N) is 1. The number of amides is 1. The van der Waals surface area contributed by atoms with E-state index >= 15 is 0 Å². The molecule has 1 aliphatic rings. The molecular formula is C17H22N2O2. The van der Waals surface area contributed by atoms with Gasteiger partial charge in [0.2, 0.25) is 0 Å². The summed E-state index contributed by atoms with van der Waals surface area (Å²) in [5.74, 6) is 0.219. The zero-order chi connectivity index (χ0) is 14.8. The van der Waals surface area contributed by atoms with Crippen LogP contribution in [0.4, 0.5) is 0 Å². The minimum absolute atomic E-state index is 0.0147. The van der Waals surface area contributed by atoms with Crippen LogP contribution in [-0.2, 0) is 0 Å². The van der Waals surface area contributed by atoms with E-state index in [0.29, 0.717) is 12.1 Å². The van der Waals surface area contributed by atoms with E-state index in [-0.39, 0.29) is 17.9 Å². The minimum Gasteiger partial charge on any atom is -0.393 e. The molecule has 1 amide bonds. The molecule has 2 aromatic rings. The molecule has 1 saturated carbocycles. The molecule has 0 spiro atoms. The number of para-hydroxylation sites is 1. The molecule has 1 aromatic heterocycles. The highest BCUT2D eigenvalue weighted by atomic mass is 16.3. The van der Waals surface area contributed by atoms with Crippen molar-refractivity contribution >= 4 is 16.8 Å². The lowest BCUT2D eigenvalue weighted by atomic mass is 9.86. The summed E-state index contributed by atoms with van der Waals surface area (Å²) in [6.45, 7) is 0.622. The van der Waals surface area contributed by atoms with Gasteiger partial charge in [-0.25, -0.2) is 0 Å². The van der Waals surface area contributed by atoms with Crippen molar-refractivity contribution in [3.8, 4) is 0 Å². The van der Waals surface area contributed by atoms with Gasteiger partial charge in [0.1, 0.15) is 0 Å². The second-order valence-corrected chi connectivity index (χ2v) is 6.05. The van der Waals surface area contributed by atoms with Crippen molar-refractivity contribution < 1.29 is 9.90 Å². The SMILES string of the molecule is CN(CC1CCCCC1O)C(=O)c1cccc2cc[nH]c12. The molecule has 2 atom stereocenters. The molecule has 4 nitrogen and oxygen atoms in total. The summed E-state index contributed by atoms with van der Waals surface area (Å²) < 4.78 is 0. The third-order valence-electron chi connectivity index (χ3n) is 4.54. The lowest BCUT2D eigenvalue weighted by Crippen LogP contribution is -2.38. The highest BCUT2D eigenvalue weighted by molar-refractivity contribution is 6.05. The fraction of sp³-hybridized carbons (Fsp3) is 0.471. The summed E-state index contributed by atoms with van der Waals surface area (Å²) in [6.07, 6.45) is 5.69. The van der Waals surface area contributed by atoms with Crippen LogP contribution >= 0.6 is 0 Å². The topological polar surface area (TPSA) is 56.3 Å². The number of aromatic amines is 1. The maximum atomic E-state index is 12.7. The lowest BCUT2D eigenvalue weighted by Gasteiger charge is -2.31. The summed E-state index contributed by atoms with van der Waals surface area (Å²) in [7, 11) is 1.82. The van der Waals surface area contributed by atoms with Gasteiger partial charge in [0.15, 0.2) is 0 Å². The molecule has 1 aromatic carbocycles. The maximum Gasteiger partial charge on any atom is 0.255 e. The van der Waals surface area contributed by atoms with Crippen LogP contribution in [0.25, 0.3) is 10.9 Å². The van der Waals surface area contributed by atoms with Crippen molar-refractivity contribution in [1.29, 1.82) is 0 Å². The minimum atomic E-state index is -0.268. The van der Waals surface area contributed by atoms with Gasteiger partial charge in [-0.3, -0.25) is 4.79 Å². The molecule has 3 rings (SSSR count). The summed E-state index contributed by atoms with van der Waals surface area (Å²) in [6, 6.07) is 7.73. The number of nitrogens with one attached hydrogen (secondary N) is 1. The molecule has 112 valence electrons. The standard InChI is InChI=1S/C17H22N2O2/c1-19(11-13-5-2-3-8-15(13)20)17(21)14-7-4-6-12-9-10-18-16(12)14/h4,6-7,9-10,13,15,18,20H,2-3,5,8,11H2,1H3. The Morgan fingerprint density at radius 1 is 1.33 bits per heavy atom. The first-order valence-corrected chi connectivity index (χ1v) is 7.66. The van der Waals surface area contributed by atoms with E-state index in [1.165, 1.54) is 0 Å². The Morgan fingerprint density at radius 2 is 2.14 bits per heavy atom. The lowest BCUT2D eigenvalue weighted by molar-refractivity contribution is 0.0452. The average Bonchev–Trinajstić information content (AvgIpc) is 2.97. The van der Waals surface area contributed by atoms with E-state index in [1.54, 1.807) is 4.90 Å². The van der Waals surface area contributed by atoms with Crippen molar-refractivity contribution in [2.24, 2.45) is 5.92 Å². The zero-order valence-electron chi connectivity index (χ0n) is 12.4. The number of hydrogen-bond acceptors (Lipinski definition) is 2. The van der Waals surface area contributed by atoms with E-state index in [1.807, 2.05) is 37.5 Å². The molecule has 0 bridgehead atoms. The number of aliphatic hydroxyl groups is 1. The Morgan fingerprint density at radius 3 is 2.95 bits per heavy atom. The normalized spacial score (nSPS) is 22.4. The van der Waals surface area contributed by atoms with Crippen molar-refractivity contribution in [1.82, 2.24) is 9.88 Å². The first kappa shape index (κ1) is 14.1. The van der Waals surface area contributed by atoms with Crippen LogP contribution in [0.2, 0.25) is 0 Å². The zero-order valence-corrected chi connectivity index (χ0v) is 12.4. The van der Waals surface area contributed by atoms with Crippen LogP contribution in [0.15, 0.2) is 30.5 Å².